The maximum Gasteiger partial charge on any atom is 0.0806 e. The van der Waals surface area contributed by atoms with Crippen LogP contribution >= 0.6 is 0 Å². The van der Waals surface area contributed by atoms with Crippen molar-refractivity contribution in [2.24, 2.45) is 0 Å². The number of rotatable bonds is 8. The second kappa shape index (κ2) is 8.92. The van der Waals surface area contributed by atoms with Crippen LogP contribution in [0.2, 0.25) is 19.1 Å². The molecule has 1 unspecified atom stereocenters. The van der Waals surface area contributed by atoms with Crippen molar-refractivity contribution in [3.8, 4) is 0 Å². The zero-order valence-electron chi connectivity index (χ0n) is 17.9. The first-order valence-corrected chi connectivity index (χ1v) is 13.8. The first-order chi connectivity index (χ1) is 13.4. The van der Waals surface area contributed by atoms with Gasteiger partial charge in [-0.3, -0.25) is 0 Å². The van der Waals surface area contributed by atoms with E-state index in [0.717, 1.165) is 6.42 Å². The van der Waals surface area contributed by atoms with E-state index in [0.29, 0.717) is 0 Å². The van der Waals surface area contributed by atoms with Crippen molar-refractivity contribution in [3.63, 3.8) is 0 Å². The molecule has 0 nitrogen and oxygen atoms in total. The summed E-state index contributed by atoms with van der Waals surface area (Å²) in [6.07, 6.45) is 3.58. The Morgan fingerprint density at radius 3 is 1.89 bits per heavy atom. The van der Waals surface area contributed by atoms with Crippen LogP contribution in [0.1, 0.15) is 36.5 Å². The lowest BCUT2D eigenvalue weighted by molar-refractivity contribution is 0.417. The molecular weight excluding hydrogens is 352 g/mol. The molecule has 0 aromatic heterocycles. The second-order valence-corrected chi connectivity index (χ2v) is 14.0. The standard InChI is InChI=1S/C27H34Si/c1-23-15-17-25(18-16-23)27(2,20-19-24-11-7-5-8-12-24)21-22-28(3,4)26-13-9-6-10-14-26/h5-18H,19-22H2,1-4H3. The topological polar surface area (TPSA) is 0 Å². The fraction of sp³-hybridized carbons (Fsp3) is 0.333. The van der Waals surface area contributed by atoms with Gasteiger partial charge in [0.25, 0.3) is 0 Å². The molecule has 0 saturated carbocycles. The van der Waals surface area contributed by atoms with Crippen LogP contribution in [0.25, 0.3) is 0 Å². The van der Waals surface area contributed by atoms with Crippen molar-refractivity contribution in [3.05, 3.63) is 102 Å². The van der Waals surface area contributed by atoms with Gasteiger partial charge in [0.05, 0.1) is 8.07 Å². The quantitative estimate of drug-likeness (QED) is 0.370. The van der Waals surface area contributed by atoms with Crippen LogP contribution in [0.15, 0.2) is 84.9 Å². The molecule has 28 heavy (non-hydrogen) atoms. The molecule has 3 aromatic carbocycles. The lowest BCUT2D eigenvalue weighted by Gasteiger charge is -2.34. The summed E-state index contributed by atoms with van der Waals surface area (Å²) in [5, 5.41) is 1.57. The molecule has 146 valence electrons. The molecule has 0 spiro atoms. The number of hydrogen-bond acceptors (Lipinski definition) is 0. The zero-order valence-corrected chi connectivity index (χ0v) is 18.9. The number of aryl methyl sites for hydroxylation is 2. The predicted molar refractivity (Wildman–Crippen MR) is 126 cm³/mol. The number of benzene rings is 3. The molecule has 3 aromatic rings. The Labute approximate surface area is 172 Å². The van der Waals surface area contributed by atoms with Crippen molar-refractivity contribution < 1.29 is 0 Å². The molecular formula is C27H34Si. The Bertz CT molecular complexity index is 850. The van der Waals surface area contributed by atoms with Crippen LogP contribution in [0, 0.1) is 6.92 Å². The van der Waals surface area contributed by atoms with Crippen LogP contribution in [-0.2, 0) is 11.8 Å². The van der Waals surface area contributed by atoms with Crippen molar-refractivity contribution in [1.29, 1.82) is 0 Å². The third kappa shape index (κ3) is 5.23. The predicted octanol–water partition coefficient (Wildman–Crippen LogP) is 6.89. The summed E-state index contributed by atoms with van der Waals surface area (Å²) in [4.78, 5) is 0. The van der Waals surface area contributed by atoms with Gasteiger partial charge in [-0.2, -0.15) is 0 Å². The lowest BCUT2D eigenvalue weighted by atomic mass is 9.75. The van der Waals surface area contributed by atoms with E-state index in [-0.39, 0.29) is 5.41 Å². The minimum absolute atomic E-state index is 0.211. The molecule has 0 heterocycles. The summed E-state index contributed by atoms with van der Waals surface area (Å²) in [6.45, 7) is 9.71. The van der Waals surface area contributed by atoms with E-state index in [1.807, 2.05) is 0 Å². The summed E-state index contributed by atoms with van der Waals surface area (Å²) < 4.78 is 0. The molecule has 0 aliphatic rings. The summed E-state index contributed by atoms with van der Waals surface area (Å²) in [7, 11) is -1.44. The number of hydrogen-bond donors (Lipinski definition) is 0. The molecule has 1 heteroatoms. The zero-order chi connectivity index (χ0) is 20.0. The molecule has 0 aliphatic carbocycles. The Balaban J connectivity index is 1.80. The van der Waals surface area contributed by atoms with Crippen molar-refractivity contribution in [1.82, 2.24) is 0 Å². The van der Waals surface area contributed by atoms with Crippen LogP contribution in [0.3, 0.4) is 0 Å². The Morgan fingerprint density at radius 1 is 0.714 bits per heavy atom. The van der Waals surface area contributed by atoms with Gasteiger partial charge in [0.1, 0.15) is 0 Å². The van der Waals surface area contributed by atoms with Gasteiger partial charge in [0.2, 0.25) is 0 Å². The van der Waals surface area contributed by atoms with Crippen molar-refractivity contribution in [2.75, 3.05) is 0 Å². The summed E-state index contributed by atoms with van der Waals surface area (Å²) >= 11 is 0. The van der Waals surface area contributed by atoms with Gasteiger partial charge in [0, 0.05) is 0 Å². The van der Waals surface area contributed by atoms with Crippen LogP contribution in [-0.4, -0.2) is 8.07 Å². The maximum absolute atomic E-state index is 2.52. The molecule has 0 amide bonds. The third-order valence-electron chi connectivity index (χ3n) is 6.41. The molecule has 1 atom stereocenters. The highest BCUT2D eigenvalue weighted by molar-refractivity contribution is 6.89. The summed E-state index contributed by atoms with van der Waals surface area (Å²) in [5.41, 5.74) is 4.49. The fourth-order valence-electron chi connectivity index (χ4n) is 4.06. The first-order valence-electron chi connectivity index (χ1n) is 10.6. The Kier molecular flexibility index (Phi) is 6.56. The molecule has 3 rings (SSSR count). The monoisotopic (exact) mass is 386 g/mol. The highest BCUT2D eigenvalue weighted by Crippen LogP contribution is 2.36. The minimum atomic E-state index is -1.44. The Morgan fingerprint density at radius 2 is 1.29 bits per heavy atom. The van der Waals surface area contributed by atoms with Crippen molar-refractivity contribution >= 4 is 13.3 Å². The van der Waals surface area contributed by atoms with Crippen LogP contribution in [0.5, 0.6) is 0 Å². The van der Waals surface area contributed by atoms with Crippen LogP contribution in [0.4, 0.5) is 0 Å². The van der Waals surface area contributed by atoms with E-state index in [1.165, 1.54) is 35.6 Å². The van der Waals surface area contributed by atoms with Gasteiger partial charge in [0.15, 0.2) is 0 Å². The van der Waals surface area contributed by atoms with E-state index >= 15 is 0 Å². The molecule has 0 N–H and O–H groups in total. The Hall–Kier alpha value is -2.12. The average molecular weight is 387 g/mol. The lowest BCUT2D eigenvalue weighted by Crippen LogP contribution is -2.42. The summed E-state index contributed by atoms with van der Waals surface area (Å²) in [6, 6.07) is 32.7. The molecule has 0 saturated heterocycles. The smallest absolute Gasteiger partial charge is 0.0654 e. The SMILES string of the molecule is Cc1ccc(C(C)(CCc2ccccc2)CC[Si](C)(C)c2ccccc2)cc1. The molecule has 0 radical (unpaired) electrons. The maximum atomic E-state index is 2.52. The van der Waals surface area contributed by atoms with E-state index < -0.39 is 8.07 Å². The van der Waals surface area contributed by atoms with Gasteiger partial charge in [-0.1, -0.05) is 122 Å². The largest absolute Gasteiger partial charge is 0.0806 e. The first kappa shape index (κ1) is 20.6. The molecule has 0 aliphatic heterocycles. The molecule has 0 bridgehead atoms. The highest BCUT2D eigenvalue weighted by Gasteiger charge is 2.31. The fourth-order valence-corrected chi connectivity index (χ4v) is 6.62. The normalized spacial score (nSPS) is 13.9. The van der Waals surface area contributed by atoms with Gasteiger partial charge >= 0.3 is 0 Å². The van der Waals surface area contributed by atoms with Gasteiger partial charge < -0.3 is 0 Å². The van der Waals surface area contributed by atoms with Crippen LogP contribution < -0.4 is 5.19 Å². The van der Waals surface area contributed by atoms with E-state index in [1.54, 1.807) is 5.19 Å². The van der Waals surface area contributed by atoms with E-state index in [4.69, 9.17) is 0 Å². The van der Waals surface area contributed by atoms with E-state index in [9.17, 15) is 0 Å². The summed E-state index contributed by atoms with van der Waals surface area (Å²) in [5.74, 6) is 0. The highest BCUT2D eigenvalue weighted by atomic mass is 28.3. The average Bonchev–Trinajstić information content (AvgIpc) is 2.73. The molecule has 0 fully saturated rings. The van der Waals surface area contributed by atoms with Gasteiger partial charge in [-0.15, -0.1) is 0 Å². The minimum Gasteiger partial charge on any atom is -0.0654 e. The van der Waals surface area contributed by atoms with E-state index in [2.05, 4.69) is 112 Å². The second-order valence-electron chi connectivity index (χ2n) is 9.16. The van der Waals surface area contributed by atoms with Crippen molar-refractivity contribution in [2.45, 2.75) is 57.7 Å². The third-order valence-corrected chi connectivity index (χ3v) is 9.81. The van der Waals surface area contributed by atoms with Gasteiger partial charge in [-0.05, 0) is 42.7 Å². The van der Waals surface area contributed by atoms with Gasteiger partial charge in [-0.25, -0.2) is 0 Å².